The van der Waals surface area contributed by atoms with Crippen LogP contribution in [-0.4, -0.2) is 47.8 Å². The normalized spacial score (nSPS) is 16.3. The minimum atomic E-state index is 0.101. The lowest BCUT2D eigenvalue weighted by atomic mass is 10.1. The van der Waals surface area contributed by atoms with E-state index in [1.54, 1.807) is 17.5 Å². The highest BCUT2D eigenvalue weighted by Gasteiger charge is 2.23. The molecule has 0 radical (unpaired) electrons. The van der Waals surface area contributed by atoms with Gasteiger partial charge in [0.05, 0.1) is 10.3 Å². The van der Waals surface area contributed by atoms with Gasteiger partial charge in [0, 0.05) is 50.7 Å². The van der Waals surface area contributed by atoms with Crippen molar-refractivity contribution in [3.05, 3.63) is 30.2 Å². The molecule has 1 atom stereocenters. The summed E-state index contributed by atoms with van der Waals surface area (Å²) in [5.74, 6) is 2.15. The average Bonchev–Trinajstić information content (AvgIpc) is 3.53. The van der Waals surface area contributed by atoms with Gasteiger partial charge in [-0.1, -0.05) is 0 Å². The molecule has 4 aromatic heterocycles. The van der Waals surface area contributed by atoms with Gasteiger partial charge in [-0.25, -0.2) is 15.0 Å². The van der Waals surface area contributed by atoms with E-state index >= 15 is 0 Å². The second-order valence-electron chi connectivity index (χ2n) is 8.45. The van der Waals surface area contributed by atoms with E-state index in [0.717, 1.165) is 38.6 Å². The van der Waals surface area contributed by atoms with Crippen molar-refractivity contribution < 1.29 is 4.79 Å². The molecule has 9 nitrogen and oxygen atoms in total. The second-order valence-corrected chi connectivity index (χ2v) is 9.45. The molecule has 1 saturated heterocycles. The first-order valence-electron chi connectivity index (χ1n) is 10.8. The number of thiophene rings is 1. The van der Waals surface area contributed by atoms with E-state index in [-0.39, 0.29) is 11.9 Å². The van der Waals surface area contributed by atoms with Gasteiger partial charge in [0.1, 0.15) is 16.3 Å². The Labute approximate surface area is 189 Å². The molecular weight excluding hydrogens is 424 g/mol. The Morgan fingerprint density at radius 1 is 1.31 bits per heavy atom. The van der Waals surface area contributed by atoms with Gasteiger partial charge in [-0.3, -0.25) is 9.48 Å². The molecule has 5 rings (SSSR count). The van der Waals surface area contributed by atoms with Crippen molar-refractivity contribution in [2.45, 2.75) is 45.7 Å². The summed E-state index contributed by atoms with van der Waals surface area (Å²) in [6, 6.07) is 2.45. The highest BCUT2D eigenvalue weighted by atomic mass is 32.1. The number of imidazole rings is 1. The second kappa shape index (κ2) is 8.01. The number of carbonyl (C=O) groups is 1. The number of fused-ring (bicyclic) bond motifs is 1. The molecule has 5 heterocycles. The highest BCUT2D eigenvalue weighted by molar-refractivity contribution is 7.22. The van der Waals surface area contributed by atoms with Gasteiger partial charge < -0.3 is 15.2 Å². The smallest absolute Gasteiger partial charge is 0.220 e. The number of hydrogen-bond donors (Lipinski definition) is 2. The van der Waals surface area contributed by atoms with Crippen molar-refractivity contribution >= 4 is 33.3 Å². The van der Waals surface area contributed by atoms with Crippen LogP contribution in [0.5, 0.6) is 0 Å². The van der Waals surface area contributed by atoms with Crippen molar-refractivity contribution in [1.29, 1.82) is 0 Å². The van der Waals surface area contributed by atoms with Crippen LogP contribution in [0.2, 0.25) is 0 Å². The zero-order valence-corrected chi connectivity index (χ0v) is 19.4. The lowest BCUT2D eigenvalue weighted by molar-refractivity contribution is -0.119. The Kier molecular flexibility index (Phi) is 5.16. The number of hydrogen-bond acceptors (Lipinski definition) is 7. The molecule has 1 aliphatic rings. The van der Waals surface area contributed by atoms with Crippen LogP contribution in [-0.2, 0) is 11.8 Å². The van der Waals surface area contributed by atoms with Gasteiger partial charge in [0.15, 0.2) is 11.6 Å². The molecule has 1 unspecified atom stereocenters. The van der Waals surface area contributed by atoms with E-state index in [0.29, 0.717) is 30.7 Å². The van der Waals surface area contributed by atoms with Gasteiger partial charge in [-0.05, 0) is 38.8 Å². The zero-order chi connectivity index (χ0) is 22.4. The first-order chi connectivity index (χ1) is 15.4. The minimum absolute atomic E-state index is 0.101. The maximum atomic E-state index is 11.6. The summed E-state index contributed by atoms with van der Waals surface area (Å²) < 4.78 is 3.87. The Balaban J connectivity index is 1.60. The zero-order valence-electron chi connectivity index (χ0n) is 18.6. The fraction of sp³-hybridized carbons (Fsp3) is 0.409. The lowest BCUT2D eigenvalue weighted by Gasteiger charge is -2.14. The summed E-state index contributed by atoms with van der Waals surface area (Å²) in [5.41, 5.74) is 2.04. The fourth-order valence-electron chi connectivity index (χ4n) is 3.99. The van der Waals surface area contributed by atoms with Gasteiger partial charge in [0.25, 0.3) is 0 Å². The maximum Gasteiger partial charge on any atom is 0.220 e. The molecule has 0 aromatic carbocycles. The third kappa shape index (κ3) is 3.64. The topological polar surface area (TPSA) is 103 Å². The Hall–Kier alpha value is -3.27. The molecule has 2 N–H and O–H groups in total. The van der Waals surface area contributed by atoms with Crippen LogP contribution in [0, 0.1) is 6.92 Å². The first kappa shape index (κ1) is 20.6. The van der Waals surface area contributed by atoms with Crippen molar-refractivity contribution in [2.75, 3.05) is 11.9 Å². The van der Waals surface area contributed by atoms with E-state index < -0.39 is 0 Å². The molecule has 0 saturated carbocycles. The van der Waals surface area contributed by atoms with Gasteiger partial charge in [-0.15, -0.1) is 11.3 Å². The van der Waals surface area contributed by atoms with Crippen molar-refractivity contribution in [3.63, 3.8) is 0 Å². The Morgan fingerprint density at radius 3 is 2.81 bits per heavy atom. The number of nitrogens with one attached hydrogen (secondary N) is 2. The fourth-order valence-corrected chi connectivity index (χ4v) is 5.14. The number of aryl methyl sites for hydroxylation is 2. The van der Waals surface area contributed by atoms with E-state index in [9.17, 15) is 4.79 Å². The summed E-state index contributed by atoms with van der Waals surface area (Å²) in [7, 11) is 1.93. The molecule has 1 fully saturated rings. The molecular formula is C22H26N8OS. The van der Waals surface area contributed by atoms with Gasteiger partial charge in [0.2, 0.25) is 5.91 Å². The predicted octanol–water partition coefficient (Wildman–Crippen LogP) is 3.54. The molecule has 32 heavy (non-hydrogen) atoms. The Morgan fingerprint density at radius 2 is 2.16 bits per heavy atom. The molecule has 0 aliphatic carbocycles. The SMILES string of the molecule is Cc1c(-c2ccn(C(C)C)n2)sc2nc(-c3nccn3C)nc(NCC3CCC(=O)N3)c12. The van der Waals surface area contributed by atoms with Crippen LogP contribution in [0.25, 0.3) is 32.4 Å². The maximum absolute atomic E-state index is 11.6. The lowest BCUT2D eigenvalue weighted by Crippen LogP contribution is -2.32. The quantitative estimate of drug-likeness (QED) is 0.466. The molecule has 166 valence electrons. The van der Waals surface area contributed by atoms with Crippen LogP contribution in [0.1, 0.15) is 38.3 Å². The monoisotopic (exact) mass is 450 g/mol. The number of amides is 1. The standard InChI is InChI=1S/C22H26N8OS/c1-12(2)30-9-7-15(28-30)18-13(3)17-19(24-11-14-5-6-16(31)25-14)26-20(27-22(17)32-18)21-23-8-10-29(21)4/h7-10,12,14H,5-6,11H2,1-4H3,(H,25,31)(H,24,26,27). The average molecular weight is 451 g/mol. The molecule has 1 amide bonds. The molecule has 0 bridgehead atoms. The summed E-state index contributed by atoms with van der Waals surface area (Å²) in [6.45, 7) is 6.94. The van der Waals surface area contributed by atoms with E-state index in [2.05, 4.69) is 36.4 Å². The molecule has 1 aliphatic heterocycles. The third-order valence-corrected chi connectivity index (χ3v) is 6.99. The Bertz CT molecular complexity index is 1300. The van der Waals surface area contributed by atoms with Crippen LogP contribution in [0.4, 0.5) is 5.82 Å². The number of rotatable bonds is 6. The number of nitrogens with zero attached hydrogens (tertiary/aromatic N) is 6. The van der Waals surface area contributed by atoms with E-state index in [1.165, 1.54) is 0 Å². The van der Waals surface area contributed by atoms with Crippen LogP contribution in [0.3, 0.4) is 0 Å². The van der Waals surface area contributed by atoms with Crippen LogP contribution in [0.15, 0.2) is 24.7 Å². The summed E-state index contributed by atoms with van der Waals surface area (Å²) in [6.07, 6.45) is 7.04. The highest BCUT2D eigenvalue weighted by Crippen LogP contribution is 2.40. The number of anilines is 1. The number of carbonyl (C=O) groups excluding carboxylic acids is 1. The van der Waals surface area contributed by atoms with Crippen molar-refractivity contribution in [2.24, 2.45) is 7.05 Å². The first-order valence-corrected chi connectivity index (χ1v) is 11.6. The predicted molar refractivity (Wildman–Crippen MR) is 126 cm³/mol. The van der Waals surface area contributed by atoms with Crippen molar-refractivity contribution in [1.82, 2.24) is 34.6 Å². The summed E-state index contributed by atoms with van der Waals surface area (Å²) in [5, 5.41) is 12.2. The van der Waals surface area contributed by atoms with Crippen LogP contribution >= 0.6 is 11.3 Å². The summed E-state index contributed by atoms with van der Waals surface area (Å²) in [4.78, 5) is 27.7. The van der Waals surface area contributed by atoms with Gasteiger partial charge >= 0.3 is 0 Å². The largest absolute Gasteiger partial charge is 0.367 e. The molecule has 10 heteroatoms. The van der Waals surface area contributed by atoms with Gasteiger partial charge in [-0.2, -0.15) is 5.10 Å². The summed E-state index contributed by atoms with van der Waals surface area (Å²) >= 11 is 1.62. The van der Waals surface area contributed by atoms with E-state index in [4.69, 9.17) is 15.1 Å². The number of aromatic nitrogens is 6. The molecule has 4 aromatic rings. The molecule has 0 spiro atoms. The van der Waals surface area contributed by atoms with E-state index in [1.807, 2.05) is 34.8 Å². The third-order valence-electron chi connectivity index (χ3n) is 5.78. The van der Waals surface area contributed by atoms with Crippen molar-refractivity contribution in [3.8, 4) is 22.2 Å². The minimum Gasteiger partial charge on any atom is -0.367 e. The van der Waals surface area contributed by atoms with Crippen LogP contribution < -0.4 is 10.6 Å².